The summed E-state index contributed by atoms with van der Waals surface area (Å²) in [5.41, 5.74) is 0.442. The number of halogens is 2. The number of carboxylic acid groups (broad SMARTS) is 1. The average molecular weight is 378 g/mol. The van der Waals surface area contributed by atoms with Crippen LogP contribution in [0.4, 0.5) is 20.5 Å². The van der Waals surface area contributed by atoms with E-state index in [1.165, 1.54) is 0 Å². The Morgan fingerprint density at radius 3 is 2.70 bits per heavy atom. The molecule has 8 heteroatoms. The molecule has 3 fully saturated rings. The van der Waals surface area contributed by atoms with Crippen molar-refractivity contribution in [2.45, 2.75) is 51.0 Å². The lowest BCUT2D eigenvalue weighted by molar-refractivity contribution is -0.142. The summed E-state index contributed by atoms with van der Waals surface area (Å²) in [5, 5.41) is 9.48. The third-order valence-electron chi connectivity index (χ3n) is 7.06. The molecule has 2 saturated heterocycles. The fourth-order valence-corrected chi connectivity index (χ4v) is 5.34. The fraction of sp³-hybridized carbons (Fsp3) is 0.737. The van der Waals surface area contributed by atoms with Crippen LogP contribution in [0.3, 0.4) is 0 Å². The van der Waals surface area contributed by atoms with Crippen LogP contribution in [0.2, 0.25) is 0 Å². The van der Waals surface area contributed by atoms with Crippen molar-refractivity contribution in [2.24, 2.45) is 17.8 Å². The predicted molar refractivity (Wildman–Crippen MR) is 95.2 cm³/mol. The van der Waals surface area contributed by atoms with Crippen LogP contribution in [-0.4, -0.2) is 46.7 Å². The molecule has 3 heterocycles. The maximum Gasteiger partial charge on any atom is 0.306 e. The van der Waals surface area contributed by atoms with Crippen molar-refractivity contribution in [1.29, 1.82) is 0 Å². The highest BCUT2D eigenvalue weighted by Crippen LogP contribution is 2.48. The standard InChI is InChI=1S/C19H24F2N4O2/c1-10-5-7-25(10)18-22-15-13(4-6-19(15,20)21)16(23-18)24-8-11-2-3-12(17(26)27)14(11)9-24/h10-12,14H,2-9H2,1H3,(H,26,27)/t10-,11+,12-,14-/m0/s1. The van der Waals surface area contributed by atoms with Crippen LogP contribution in [-0.2, 0) is 17.1 Å². The van der Waals surface area contributed by atoms with E-state index >= 15 is 0 Å². The molecule has 1 N–H and O–H groups in total. The van der Waals surface area contributed by atoms with Gasteiger partial charge in [-0.25, -0.2) is 4.98 Å². The Hall–Kier alpha value is -1.99. The number of aliphatic carboxylic acids is 1. The summed E-state index contributed by atoms with van der Waals surface area (Å²) in [6, 6.07) is 0.264. The molecule has 0 unspecified atom stereocenters. The highest BCUT2D eigenvalue weighted by atomic mass is 19.3. The third kappa shape index (κ3) is 2.51. The number of carbonyl (C=O) groups is 1. The molecule has 4 atom stereocenters. The van der Waals surface area contributed by atoms with Gasteiger partial charge in [0.1, 0.15) is 11.5 Å². The highest BCUT2D eigenvalue weighted by Gasteiger charge is 2.49. The number of alkyl halides is 2. The zero-order valence-electron chi connectivity index (χ0n) is 15.4. The molecule has 0 bridgehead atoms. The summed E-state index contributed by atoms with van der Waals surface area (Å²) in [5.74, 6) is -2.56. The van der Waals surface area contributed by atoms with Crippen LogP contribution in [0.25, 0.3) is 0 Å². The predicted octanol–water partition coefficient (Wildman–Crippen LogP) is 2.66. The molecule has 2 aliphatic carbocycles. The maximum absolute atomic E-state index is 14.5. The van der Waals surface area contributed by atoms with Gasteiger partial charge in [0.15, 0.2) is 0 Å². The van der Waals surface area contributed by atoms with Gasteiger partial charge in [-0.3, -0.25) is 4.79 Å². The first kappa shape index (κ1) is 17.1. The lowest BCUT2D eigenvalue weighted by Gasteiger charge is -2.39. The molecule has 4 aliphatic rings. The van der Waals surface area contributed by atoms with Crippen molar-refractivity contribution < 1.29 is 18.7 Å². The number of anilines is 2. The molecule has 0 spiro atoms. The van der Waals surface area contributed by atoms with Crippen LogP contribution in [0.15, 0.2) is 0 Å². The van der Waals surface area contributed by atoms with E-state index in [-0.39, 0.29) is 36.4 Å². The number of fused-ring (bicyclic) bond motifs is 2. The molecular formula is C19H24F2N4O2. The quantitative estimate of drug-likeness (QED) is 0.872. The van der Waals surface area contributed by atoms with Gasteiger partial charge in [0, 0.05) is 37.7 Å². The molecule has 0 radical (unpaired) electrons. The summed E-state index contributed by atoms with van der Waals surface area (Å²) in [4.78, 5) is 24.6. The second kappa shape index (κ2) is 5.75. The van der Waals surface area contributed by atoms with Gasteiger partial charge in [-0.15, -0.1) is 0 Å². The Bertz CT molecular complexity index is 802. The Labute approximate surface area is 156 Å². The van der Waals surface area contributed by atoms with Crippen molar-refractivity contribution in [3.63, 3.8) is 0 Å². The maximum atomic E-state index is 14.5. The van der Waals surface area contributed by atoms with Crippen molar-refractivity contribution in [3.8, 4) is 0 Å². The van der Waals surface area contributed by atoms with Gasteiger partial charge in [-0.05, 0) is 44.4 Å². The molecule has 0 amide bonds. The lowest BCUT2D eigenvalue weighted by Crippen LogP contribution is -2.47. The molecule has 146 valence electrons. The topological polar surface area (TPSA) is 69.6 Å². The monoisotopic (exact) mass is 378 g/mol. The van der Waals surface area contributed by atoms with Gasteiger partial charge < -0.3 is 14.9 Å². The zero-order chi connectivity index (χ0) is 18.9. The SMILES string of the molecule is C[C@H]1CCN1c1nc(N2C[C@H]3CC[C@H](C(=O)O)[C@H]3C2)c2c(n1)C(F)(F)CC2. The molecule has 1 aromatic heterocycles. The van der Waals surface area contributed by atoms with E-state index < -0.39 is 11.9 Å². The second-order valence-electron chi connectivity index (χ2n) is 8.56. The largest absolute Gasteiger partial charge is 0.481 e. The molecule has 6 nitrogen and oxygen atoms in total. The molecular weight excluding hydrogens is 354 g/mol. The number of carboxylic acids is 1. The van der Waals surface area contributed by atoms with E-state index in [1.54, 1.807) is 0 Å². The van der Waals surface area contributed by atoms with Gasteiger partial charge in [0.2, 0.25) is 5.95 Å². The zero-order valence-corrected chi connectivity index (χ0v) is 15.4. The summed E-state index contributed by atoms with van der Waals surface area (Å²) in [6.07, 6.45) is 2.68. The van der Waals surface area contributed by atoms with E-state index in [9.17, 15) is 18.7 Å². The third-order valence-corrected chi connectivity index (χ3v) is 7.06. The van der Waals surface area contributed by atoms with Crippen LogP contribution in [0.1, 0.15) is 43.9 Å². The van der Waals surface area contributed by atoms with E-state index in [2.05, 4.69) is 16.8 Å². The first-order valence-corrected chi connectivity index (χ1v) is 9.89. The highest BCUT2D eigenvalue weighted by molar-refractivity contribution is 5.71. The van der Waals surface area contributed by atoms with Gasteiger partial charge >= 0.3 is 5.97 Å². The average Bonchev–Trinajstić information content (AvgIpc) is 3.26. The first-order chi connectivity index (χ1) is 12.8. The molecule has 1 saturated carbocycles. The minimum absolute atomic E-state index is 0.0846. The van der Waals surface area contributed by atoms with Gasteiger partial charge in [-0.1, -0.05) is 0 Å². The lowest BCUT2D eigenvalue weighted by atomic mass is 9.93. The van der Waals surface area contributed by atoms with Crippen molar-refractivity contribution >= 4 is 17.7 Å². The number of nitrogens with zero attached hydrogens (tertiary/aromatic N) is 4. The van der Waals surface area contributed by atoms with Gasteiger partial charge in [0.05, 0.1) is 5.92 Å². The van der Waals surface area contributed by atoms with Crippen LogP contribution in [0.5, 0.6) is 0 Å². The Balaban J connectivity index is 1.52. The fourth-order valence-electron chi connectivity index (χ4n) is 5.34. The van der Waals surface area contributed by atoms with Crippen LogP contribution < -0.4 is 9.80 Å². The van der Waals surface area contributed by atoms with Crippen LogP contribution >= 0.6 is 0 Å². The summed E-state index contributed by atoms with van der Waals surface area (Å²) >= 11 is 0. The van der Waals surface area contributed by atoms with Crippen molar-refractivity contribution in [1.82, 2.24) is 9.97 Å². The van der Waals surface area contributed by atoms with Gasteiger partial charge in [-0.2, -0.15) is 13.8 Å². The van der Waals surface area contributed by atoms with Crippen molar-refractivity contribution in [2.75, 3.05) is 29.4 Å². The van der Waals surface area contributed by atoms with Crippen LogP contribution in [0, 0.1) is 17.8 Å². The molecule has 0 aromatic carbocycles. The molecule has 1 aromatic rings. The normalized spacial score (nSPS) is 33.7. The Morgan fingerprint density at radius 1 is 1.22 bits per heavy atom. The first-order valence-electron chi connectivity index (χ1n) is 9.89. The summed E-state index contributed by atoms with van der Waals surface area (Å²) < 4.78 is 28.9. The van der Waals surface area contributed by atoms with Crippen molar-refractivity contribution in [3.05, 3.63) is 11.3 Å². The molecule has 27 heavy (non-hydrogen) atoms. The molecule has 5 rings (SSSR count). The minimum atomic E-state index is -2.91. The van der Waals surface area contributed by atoms with E-state index in [0.29, 0.717) is 36.3 Å². The summed E-state index contributed by atoms with van der Waals surface area (Å²) in [7, 11) is 0. The van der Waals surface area contributed by atoms with E-state index in [1.807, 2.05) is 4.90 Å². The minimum Gasteiger partial charge on any atom is -0.481 e. The number of hydrogen-bond donors (Lipinski definition) is 1. The Kier molecular flexibility index (Phi) is 3.65. The smallest absolute Gasteiger partial charge is 0.306 e. The van der Waals surface area contributed by atoms with E-state index in [4.69, 9.17) is 4.98 Å². The number of hydrogen-bond acceptors (Lipinski definition) is 5. The van der Waals surface area contributed by atoms with E-state index in [0.717, 1.165) is 25.8 Å². The number of rotatable bonds is 3. The summed E-state index contributed by atoms with van der Waals surface area (Å²) in [6.45, 7) is 4.14. The molecule has 2 aliphatic heterocycles. The van der Waals surface area contributed by atoms with Gasteiger partial charge in [0.25, 0.3) is 5.92 Å². The number of aromatic nitrogens is 2. The Morgan fingerprint density at radius 2 is 2.04 bits per heavy atom. The second-order valence-corrected chi connectivity index (χ2v) is 8.56.